The van der Waals surface area contributed by atoms with E-state index < -0.39 is 0 Å². The molecular formula is C15H23N3O. The zero-order valence-corrected chi connectivity index (χ0v) is 11.8. The van der Waals surface area contributed by atoms with Crippen LogP contribution >= 0.6 is 0 Å². The Morgan fingerprint density at radius 1 is 1.53 bits per heavy atom. The quantitative estimate of drug-likeness (QED) is 0.810. The van der Waals surface area contributed by atoms with Gasteiger partial charge in [-0.15, -0.1) is 0 Å². The lowest BCUT2D eigenvalue weighted by molar-refractivity contribution is 0.0947. The molecular weight excluding hydrogens is 238 g/mol. The summed E-state index contributed by atoms with van der Waals surface area (Å²) in [5, 5.41) is 3.02. The summed E-state index contributed by atoms with van der Waals surface area (Å²) in [6.07, 6.45) is 1.16. The zero-order valence-electron chi connectivity index (χ0n) is 11.8. The number of nitrogens with zero attached hydrogens (tertiary/aromatic N) is 1. The highest BCUT2D eigenvalue weighted by Crippen LogP contribution is 2.17. The Labute approximate surface area is 115 Å². The van der Waals surface area contributed by atoms with Crippen molar-refractivity contribution in [3.05, 3.63) is 29.3 Å². The Kier molecular flexibility index (Phi) is 4.43. The maximum Gasteiger partial charge on any atom is 0.253 e. The standard InChI is InChI=1S/C15H23N3O/c1-3-18-8-7-12(10-18)9-17-15(19)14-11(2)5-4-6-13(14)16/h4-6,12H,3,7-10,16H2,1-2H3,(H,17,19). The molecule has 3 N–H and O–H groups in total. The van der Waals surface area contributed by atoms with E-state index in [1.54, 1.807) is 6.07 Å². The molecule has 0 aromatic heterocycles. The summed E-state index contributed by atoms with van der Waals surface area (Å²) in [5.74, 6) is 0.514. The third-order valence-corrected chi connectivity index (χ3v) is 3.90. The van der Waals surface area contributed by atoms with Gasteiger partial charge in [-0.25, -0.2) is 0 Å². The molecule has 1 aromatic carbocycles. The number of rotatable bonds is 4. The van der Waals surface area contributed by atoms with Crippen LogP contribution in [0.4, 0.5) is 5.69 Å². The number of amides is 1. The van der Waals surface area contributed by atoms with Crippen molar-refractivity contribution in [2.75, 3.05) is 31.9 Å². The molecule has 1 saturated heterocycles. The van der Waals surface area contributed by atoms with E-state index in [9.17, 15) is 4.79 Å². The van der Waals surface area contributed by atoms with Gasteiger partial charge in [0.1, 0.15) is 0 Å². The lowest BCUT2D eigenvalue weighted by atomic mass is 10.1. The molecule has 4 nitrogen and oxygen atoms in total. The van der Waals surface area contributed by atoms with Crippen molar-refractivity contribution in [3.63, 3.8) is 0 Å². The molecule has 0 saturated carbocycles. The molecule has 2 rings (SSSR count). The minimum absolute atomic E-state index is 0.0504. The highest BCUT2D eigenvalue weighted by atomic mass is 16.1. The van der Waals surface area contributed by atoms with Crippen molar-refractivity contribution in [3.8, 4) is 0 Å². The van der Waals surface area contributed by atoms with E-state index in [1.807, 2.05) is 19.1 Å². The van der Waals surface area contributed by atoms with Gasteiger partial charge in [-0.05, 0) is 44.0 Å². The second-order valence-corrected chi connectivity index (χ2v) is 5.30. The number of anilines is 1. The van der Waals surface area contributed by atoms with Crippen LogP contribution in [0.2, 0.25) is 0 Å². The minimum Gasteiger partial charge on any atom is -0.398 e. The number of carbonyl (C=O) groups excluding carboxylic acids is 1. The van der Waals surface area contributed by atoms with Gasteiger partial charge in [0.05, 0.1) is 5.56 Å². The van der Waals surface area contributed by atoms with Crippen LogP contribution in [-0.2, 0) is 0 Å². The first-order chi connectivity index (χ1) is 9.11. The Bertz CT molecular complexity index is 438. The van der Waals surface area contributed by atoms with Crippen LogP contribution in [0, 0.1) is 12.8 Å². The van der Waals surface area contributed by atoms with Crippen molar-refractivity contribution in [1.29, 1.82) is 0 Å². The topological polar surface area (TPSA) is 58.4 Å². The number of hydrogen-bond acceptors (Lipinski definition) is 3. The molecule has 1 fully saturated rings. The molecule has 104 valence electrons. The summed E-state index contributed by atoms with van der Waals surface area (Å²) in [6.45, 7) is 8.15. The Morgan fingerprint density at radius 2 is 2.32 bits per heavy atom. The summed E-state index contributed by atoms with van der Waals surface area (Å²) < 4.78 is 0. The van der Waals surface area contributed by atoms with Gasteiger partial charge >= 0.3 is 0 Å². The number of hydrogen-bond donors (Lipinski definition) is 2. The van der Waals surface area contributed by atoms with Crippen LogP contribution < -0.4 is 11.1 Å². The van der Waals surface area contributed by atoms with Crippen LogP contribution in [0.3, 0.4) is 0 Å². The number of nitrogens with one attached hydrogen (secondary N) is 1. The van der Waals surface area contributed by atoms with E-state index in [1.165, 1.54) is 0 Å². The Morgan fingerprint density at radius 3 is 2.95 bits per heavy atom. The highest BCUT2D eigenvalue weighted by molar-refractivity contribution is 6.00. The number of likely N-dealkylation sites (tertiary alicyclic amines) is 1. The summed E-state index contributed by atoms with van der Waals surface area (Å²) in [6, 6.07) is 5.56. The highest BCUT2D eigenvalue weighted by Gasteiger charge is 2.22. The first-order valence-corrected chi connectivity index (χ1v) is 6.97. The van der Waals surface area contributed by atoms with Crippen LogP contribution in [0.15, 0.2) is 18.2 Å². The molecule has 1 aromatic rings. The molecule has 19 heavy (non-hydrogen) atoms. The smallest absolute Gasteiger partial charge is 0.253 e. The summed E-state index contributed by atoms with van der Waals surface area (Å²) in [7, 11) is 0. The van der Waals surface area contributed by atoms with Crippen molar-refractivity contribution < 1.29 is 4.79 Å². The average Bonchev–Trinajstić information content (AvgIpc) is 2.84. The fraction of sp³-hybridized carbons (Fsp3) is 0.533. The van der Waals surface area contributed by atoms with Crippen molar-refractivity contribution in [2.45, 2.75) is 20.3 Å². The van der Waals surface area contributed by atoms with E-state index >= 15 is 0 Å². The molecule has 4 heteroatoms. The van der Waals surface area contributed by atoms with Gasteiger partial charge in [0.25, 0.3) is 5.91 Å². The number of nitrogens with two attached hydrogens (primary N) is 1. The first kappa shape index (κ1) is 13.9. The van der Waals surface area contributed by atoms with Gasteiger partial charge in [0.2, 0.25) is 0 Å². The lowest BCUT2D eigenvalue weighted by Crippen LogP contribution is -2.31. The van der Waals surface area contributed by atoms with E-state index in [4.69, 9.17) is 5.73 Å². The van der Waals surface area contributed by atoms with E-state index in [0.717, 1.165) is 38.2 Å². The number of nitrogen functional groups attached to an aromatic ring is 1. The lowest BCUT2D eigenvalue weighted by Gasteiger charge is -2.15. The Balaban J connectivity index is 1.92. The fourth-order valence-corrected chi connectivity index (χ4v) is 2.69. The number of aryl methyl sites for hydroxylation is 1. The van der Waals surface area contributed by atoms with Gasteiger partial charge in [-0.2, -0.15) is 0 Å². The predicted octanol–water partition coefficient (Wildman–Crippen LogP) is 1.65. The maximum atomic E-state index is 12.2. The monoisotopic (exact) mass is 261 g/mol. The molecule has 1 atom stereocenters. The Hall–Kier alpha value is -1.55. The minimum atomic E-state index is -0.0504. The van der Waals surface area contributed by atoms with Gasteiger partial charge in [0, 0.05) is 18.8 Å². The largest absolute Gasteiger partial charge is 0.398 e. The zero-order chi connectivity index (χ0) is 13.8. The summed E-state index contributed by atoms with van der Waals surface area (Å²) in [5.41, 5.74) is 7.98. The fourth-order valence-electron chi connectivity index (χ4n) is 2.69. The van der Waals surface area contributed by atoms with Gasteiger partial charge in [-0.3, -0.25) is 4.79 Å². The van der Waals surface area contributed by atoms with Crippen molar-refractivity contribution >= 4 is 11.6 Å². The average molecular weight is 261 g/mol. The first-order valence-electron chi connectivity index (χ1n) is 6.97. The molecule has 1 aliphatic heterocycles. The second kappa shape index (κ2) is 6.06. The molecule has 1 unspecified atom stereocenters. The third kappa shape index (κ3) is 3.26. The second-order valence-electron chi connectivity index (χ2n) is 5.30. The molecule has 0 radical (unpaired) electrons. The molecule has 1 aliphatic rings. The molecule has 1 amide bonds. The van der Waals surface area contributed by atoms with Crippen LogP contribution in [0.5, 0.6) is 0 Å². The summed E-state index contributed by atoms with van der Waals surface area (Å²) >= 11 is 0. The normalized spacial score (nSPS) is 19.6. The third-order valence-electron chi connectivity index (χ3n) is 3.90. The van der Waals surface area contributed by atoms with Gasteiger partial charge < -0.3 is 16.0 Å². The molecule has 0 aliphatic carbocycles. The van der Waals surface area contributed by atoms with Gasteiger partial charge in [0.15, 0.2) is 0 Å². The number of carbonyl (C=O) groups is 1. The van der Waals surface area contributed by atoms with E-state index in [-0.39, 0.29) is 5.91 Å². The van der Waals surface area contributed by atoms with Crippen molar-refractivity contribution in [1.82, 2.24) is 10.2 Å². The van der Waals surface area contributed by atoms with Crippen LogP contribution in [-0.4, -0.2) is 37.0 Å². The summed E-state index contributed by atoms with van der Waals surface area (Å²) in [4.78, 5) is 14.6. The maximum absolute atomic E-state index is 12.2. The molecule has 0 bridgehead atoms. The molecule has 1 heterocycles. The van der Waals surface area contributed by atoms with E-state index in [2.05, 4.69) is 17.1 Å². The van der Waals surface area contributed by atoms with Crippen LogP contribution in [0.1, 0.15) is 29.3 Å². The van der Waals surface area contributed by atoms with Gasteiger partial charge in [-0.1, -0.05) is 19.1 Å². The van der Waals surface area contributed by atoms with Crippen molar-refractivity contribution in [2.24, 2.45) is 5.92 Å². The van der Waals surface area contributed by atoms with E-state index in [0.29, 0.717) is 17.2 Å². The van der Waals surface area contributed by atoms with Crippen LogP contribution in [0.25, 0.3) is 0 Å². The number of benzene rings is 1. The SMILES string of the molecule is CCN1CCC(CNC(=O)c2c(C)cccc2N)C1. The predicted molar refractivity (Wildman–Crippen MR) is 78.1 cm³/mol. The molecule has 0 spiro atoms.